The number of benzene rings is 1. The van der Waals surface area contributed by atoms with Crippen LogP contribution in [0.2, 0.25) is 0 Å². The Labute approximate surface area is 110 Å². The van der Waals surface area contributed by atoms with Crippen LogP contribution in [0.1, 0.15) is 36.0 Å². The summed E-state index contributed by atoms with van der Waals surface area (Å²) in [6, 6.07) is 2.07. The highest BCUT2D eigenvalue weighted by atomic mass is 19.1. The topological polar surface area (TPSA) is 81.1 Å². The molecule has 1 amide bonds. The van der Waals surface area contributed by atoms with E-state index in [1.165, 1.54) is 0 Å². The van der Waals surface area contributed by atoms with E-state index in [1.807, 2.05) is 0 Å². The molecule has 0 atom stereocenters. The molecule has 104 valence electrons. The molecule has 1 aromatic rings. The summed E-state index contributed by atoms with van der Waals surface area (Å²) in [4.78, 5) is 10.9. The largest absolute Gasteiger partial charge is 0.380 e. The Kier molecular flexibility index (Phi) is 3.99. The molecule has 5 N–H and O–H groups in total. The van der Waals surface area contributed by atoms with Crippen molar-refractivity contribution in [2.24, 2.45) is 11.5 Å². The highest BCUT2D eigenvalue weighted by Gasteiger charge is 2.20. The molecule has 0 radical (unpaired) electrons. The Hall–Kier alpha value is -1.69. The van der Waals surface area contributed by atoms with E-state index in [9.17, 15) is 13.6 Å². The molecule has 0 heterocycles. The molecule has 0 aromatic heterocycles. The highest BCUT2D eigenvalue weighted by molar-refractivity contribution is 5.93. The number of carbonyl (C=O) groups excluding carboxylic acids is 1. The SMILES string of the molecule is NC(=O)c1cc(F)c(NC2CCC(N)CC2)cc1F. The maximum Gasteiger partial charge on any atom is 0.251 e. The van der Waals surface area contributed by atoms with Crippen molar-refractivity contribution in [2.75, 3.05) is 5.32 Å². The summed E-state index contributed by atoms with van der Waals surface area (Å²) in [7, 11) is 0. The van der Waals surface area contributed by atoms with Gasteiger partial charge in [0.2, 0.25) is 0 Å². The van der Waals surface area contributed by atoms with Gasteiger partial charge in [0.05, 0.1) is 11.3 Å². The molecule has 1 saturated carbocycles. The first-order valence-corrected chi connectivity index (χ1v) is 6.28. The van der Waals surface area contributed by atoms with Gasteiger partial charge < -0.3 is 16.8 Å². The number of hydrogen-bond acceptors (Lipinski definition) is 3. The molecule has 0 spiro atoms. The lowest BCUT2D eigenvalue weighted by Crippen LogP contribution is -2.33. The molecule has 1 fully saturated rings. The van der Waals surface area contributed by atoms with Gasteiger partial charge in [-0.3, -0.25) is 4.79 Å². The van der Waals surface area contributed by atoms with Crippen molar-refractivity contribution in [3.63, 3.8) is 0 Å². The van der Waals surface area contributed by atoms with Crippen molar-refractivity contribution in [2.45, 2.75) is 37.8 Å². The summed E-state index contributed by atoms with van der Waals surface area (Å²) in [5.41, 5.74) is 10.4. The smallest absolute Gasteiger partial charge is 0.251 e. The molecule has 1 aromatic carbocycles. The van der Waals surface area contributed by atoms with E-state index in [-0.39, 0.29) is 17.8 Å². The van der Waals surface area contributed by atoms with E-state index in [4.69, 9.17) is 11.5 Å². The van der Waals surface area contributed by atoms with E-state index in [0.717, 1.165) is 37.8 Å². The van der Waals surface area contributed by atoms with E-state index in [1.54, 1.807) is 0 Å². The van der Waals surface area contributed by atoms with Gasteiger partial charge in [-0.25, -0.2) is 8.78 Å². The van der Waals surface area contributed by atoms with E-state index < -0.39 is 23.1 Å². The first kappa shape index (κ1) is 13.7. The summed E-state index contributed by atoms with van der Waals surface area (Å²) in [5, 5.41) is 2.95. The van der Waals surface area contributed by atoms with Crippen molar-refractivity contribution < 1.29 is 13.6 Å². The zero-order valence-corrected chi connectivity index (χ0v) is 10.5. The lowest BCUT2D eigenvalue weighted by Gasteiger charge is -2.27. The molecule has 0 unspecified atom stereocenters. The first-order valence-electron chi connectivity index (χ1n) is 6.28. The van der Waals surface area contributed by atoms with Crippen LogP contribution in [0.5, 0.6) is 0 Å². The molecule has 0 saturated heterocycles. The standard InChI is InChI=1S/C13H17F2N3O/c14-10-6-12(11(15)5-9(10)13(17)19)18-8-3-1-7(16)2-4-8/h5-8,18H,1-4,16H2,(H2,17,19). The quantitative estimate of drug-likeness (QED) is 0.782. The maximum absolute atomic E-state index is 13.8. The molecule has 1 aliphatic carbocycles. The van der Waals surface area contributed by atoms with Gasteiger partial charge in [-0.1, -0.05) is 0 Å². The van der Waals surface area contributed by atoms with Crippen molar-refractivity contribution in [3.05, 3.63) is 29.3 Å². The minimum Gasteiger partial charge on any atom is -0.380 e. The van der Waals surface area contributed by atoms with Gasteiger partial charge in [0.1, 0.15) is 11.6 Å². The fraction of sp³-hybridized carbons (Fsp3) is 0.462. The number of anilines is 1. The molecule has 4 nitrogen and oxygen atoms in total. The fourth-order valence-corrected chi connectivity index (χ4v) is 2.33. The van der Waals surface area contributed by atoms with Gasteiger partial charge in [0.15, 0.2) is 0 Å². The summed E-state index contributed by atoms with van der Waals surface area (Å²) >= 11 is 0. The summed E-state index contributed by atoms with van der Waals surface area (Å²) < 4.78 is 27.3. The van der Waals surface area contributed by atoms with Crippen LogP contribution in [0.15, 0.2) is 12.1 Å². The van der Waals surface area contributed by atoms with Gasteiger partial charge in [-0.15, -0.1) is 0 Å². The third-order valence-corrected chi connectivity index (χ3v) is 3.45. The minimum absolute atomic E-state index is 0.0583. The zero-order chi connectivity index (χ0) is 14.0. The van der Waals surface area contributed by atoms with Crippen molar-refractivity contribution in [1.82, 2.24) is 0 Å². The molecule has 6 heteroatoms. The fourth-order valence-electron chi connectivity index (χ4n) is 2.33. The van der Waals surface area contributed by atoms with Crippen LogP contribution in [0.3, 0.4) is 0 Å². The zero-order valence-electron chi connectivity index (χ0n) is 10.5. The summed E-state index contributed by atoms with van der Waals surface area (Å²) in [6.07, 6.45) is 3.36. The van der Waals surface area contributed by atoms with Crippen molar-refractivity contribution in [3.8, 4) is 0 Å². The monoisotopic (exact) mass is 269 g/mol. The van der Waals surface area contributed by atoms with E-state index in [2.05, 4.69) is 5.32 Å². The number of rotatable bonds is 3. The lowest BCUT2D eigenvalue weighted by molar-refractivity contribution is 0.0996. The van der Waals surface area contributed by atoms with Crippen molar-refractivity contribution >= 4 is 11.6 Å². The number of carbonyl (C=O) groups is 1. The molecule has 2 rings (SSSR count). The number of primary amides is 1. The van der Waals surface area contributed by atoms with Gasteiger partial charge in [0, 0.05) is 18.2 Å². The van der Waals surface area contributed by atoms with Crippen LogP contribution in [0.4, 0.5) is 14.5 Å². The van der Waals surface area contributed by atoms with E-state index >= 15 is 0 Å². The third-order valence-electron chi connectivity index (χ3n) is 3.45. The Morgan fingerprint density at radius 1 is 1.16 bits per heavy atom. The number of halogens is 2. The molecule has 0 aliphatic heterocycles. The maximum atomic E-state index is 13.8. The molecule has 19 heavy (non-hydrogen) atoms. The summed E-state index contributed by atoms with van der Waals surface area (Å²) in [5.74, 6) is -2.47. The van der Waals surface area contributed by atoms with Gasteiger partial charge in [0.25, 0.3) is 5.91 Å². The van der Waals surface area contributed by atoms with E-state index in [0.29, 0.717) is 0 Å². The number of nitrogens with one attached hydrogen (secondary N) is 1. The van der Waals surface area contributed by atoms with Gasteiger partial charge in [-0.2, -0.15) is 0 Å². The molecule has 1 aliphatic rings. The Morgan fingerprint density at radius 3 is 2.37 bits per heavy atom. The number of hydrogen-bond donors (Lipinski definition) is 3. The average molecular weight is 269 g/mol. The second-order valence-electron chi connectivity index (χ2n) is 4.93. The lowest BCUT2D eigenvalue weighted by atomic mass is 9.91. The van der Waals surface area contributed by atoms with Crippen LogP contribution in [-0.4, -0.2) is 18.0 Å². The van der Waals surface area contributed by atoms with Crippen LogP contribution in [0.25, 0.3) is 0 Å². The predicted molar refractivity (Wildman–Crippen MR) is 68.7 cm³/mol. The second kappa shape index (κ2) is 5.52. The molecular formula is C13H17F2N3O. The van der Waals surface area contributed by atoms with Gasteiger partial charge in [-0.05, 0) is 31.7 Å². The average Bonchev–Trinajstić information content (AvgIpc) is 2.35. The molecular weight excluding hydrogens is 252 g/mol. The van der Waals surface area contributed by atoms with Crippen LogP contribution in [0, 0.1) is 11.6 Å². The minimum atomic E-state index is -0.980. The van der Waals surface area contributed by atoms with Crippen molar-refractivity contribution in [1.29, 1.82) is 0 Å². The van der Waals surface area contributed by atoms with Gasteiger partial charge >= 0.3 is 0 Å². The number of nitrogens with two attached hydrogens (primary N) is 2. The third kappa shape index (κ3) is 3.20. The normalized spacial score (nSPS) is 23.1. The van der Waals surface area contributed by atoms with Crippen LogP contribution in [-0.2, 0) is 0 Å². The molecule has 0 bridgehead atoms. The number of amides is 1. The summed E-state index contributed by atoms with van der Waals surface area (Å²) in [6.45, 7) is 0. The first-order chi connectivity index (χ1) is 8.97. The van der Waals surface area contributed by atoms with Crippen LogP contribution >= 0.6 is 0 Å². The Balaban J connectivity index is 2.13. The Morgan fingerprint density at radius 2 is 1.79 bits per heavy atom. The second-order valence-corrected chi connectivity index (χ2v) is 4.93. The predicted octanol–water partition coefficient (Wildman–Crippen LogP) is 1.75. The van der Waals surface area contributed by atoms with Crippen LogP contribution < -0.4 is 16.8 Å². The Bertz CT molecular complexity index is 485. The highest BCUT2D eigenvalue weighted by Crippen LogP contribution is 2.24.